The van der Waals surface area contributed by atoms with E-state index in [4.69, 9.17) is 0 Å². The summed E-state index contributed by atoms with van der Waals surface area (Å²) in [5, 5.41) is 9.75. The van der Waals surface area contributed by atoms with Gasteiger partial charge in [-0.05, 0) is 24.6 Å². The van der Waals surface area contributed by atoms with Crippen LogP contribution in [0.2, 0.25) is 0 Å². The summed E-state index contributed by atoms with van der Waals surface area (Å²) in [7, 11) is 0. The van der Waals surface area contributed by atoms with Gasteiger partial charge in [0.05, 0.1) is 21.8 Å². The predicted molar refractivity (Wildman–Crippen MR) is 105 cm³/mol. The number of rotatable bonds is 2. The van der Waals surface area contributed by atoms with E-state index in [1.807, 2.05) is 30.3 Å². The molecule has 118 valence electrons. The van der Waals surface area contributed by atoms with E-state index in [-0.39, 0.29) is 5.92 Å². The fraction of sp³-hybridized carbons (Fsp3) is 0.190. The first-order chi connectivity index (χ1) is 11.8. The van der Waals surface area contributed by atoms with Crippen molar-refractivity contribution in [1.29, 1.82) is 5.26 Å². The lowest BCUT2D eigenvalue weighted by atomic mass is 9.93. The van der Waals surface area contributed by atoms with Crippen LogP contribution in [0.4, 0.5) is 0 Å². The fourth-order valence-electron chi connectivity index (χ4n) is 2.45. The van der Waals surface area contributed by atoms with E-state index in [0.29, 0.717) is 0 Å². The molecule has 0 amide bonds. The molecule has 0 N–H and O–H groups in total. The van der Waals surface area contributed by atoms with Gasteiger partial charge in [-0.25, -0.2) is 0 Å². The van der Waals surface area contributed by atoms with Crippen LogP contribution in [0.3, 0.4) is 0 Å². The van der Waals surface area contributed by atoms with Crippen molar-refractivity contribution in [3.8, 4) is 17.9 Å². The van der Waals surface area contributed by atoms with Crippen molar-refractivity contribution in [2.75, 3.05) is 11.5 Å². The summed E-state index contributed by atoms with van der Waals surface area (Å²) < 4.78 is 1.13. The van der Waals surface area contributed by atoms with Gasteiger partial charge in [0.15, 0.2) is 0 Å². The van der Waals surface area contributed by atoms with Crippen LogP contribution >= 0.6 is 23.5 Å². The number of aryl methyl sites for hydroxylation is 1. The molecule has 1 nitrogen and oxygen atoms in total. The highest BCUT2D eigenvalue weighted by molar-refractivity contribution is 8.25. The van der Waals surface area contributed by atoms with Gasteiger partial charge in [0.1, 0.15) is 0 Å². The van der Waals surface area contributed by atoms with Crippen molar-refractivity contribution in [2.24, 2.45) is 0 Å². The highest BCUT2D eigenvalue weighted by Crippen LogP contribution is 2.42. The quantitative estimate of drug-likeness (QED) is 0.541. The Balaban J connectivity index is 2.02. The molecule has 0 bridgehead atoms. The minimum absolute atomic E-state index is 0.175. The Morgan fingerprint density at radius 1 is 1.00 bits per heavy atom. The second-order valence-corrected chi connectivity index (χ2v) is 7.96. The predicted octanol–water partition coefficient (Wildman–Crippen LogP) is 5.35. The van der Waals surface area contributed by atoms with Gasteiger partial charge in [-0.3, -0.25) is 0 Å². The number of nitriles is 1. The summed E-state index contributed by atoms with van der Waals surface area (Å²) in [4.78, 5) is 0. The zero-order chi connectivity index (χ0) is 16.8. The lowest BCUT2D eigenvalue weighted by Gasteiger charge is -2.12. The largest absolute Gasteiger partial charge is 0.193 e. The van der Waals surface area contributed by atoms with E-state index in [0.717, 1.165) is 32.4 Å². The molecule has 1 heterocycles. The van der Waals surface area contributed by atoms with Crippen molar-refractivity contribution in [2.45, 2.75) is 12.8 Å². The summed E-state index contributed by atoms with van der Waals surface area (Å²) in [5.74, 6) is 8.56. The second kappa shape index (κ2) is 8.15. The van der Waals surface area contributed by atoms with Gasteiger partial charge in [0.25, 0.3) is 0 Å². The lowest BCUT2D eigenvalue weighted by molar-refractivity contribution is 1.07. The topological polar surface area (TPSA) is 23.8 Å². The molecule has 1 unspecified atom stereocenters. The molecule has 1 fully saturated rings. The third-order valence-electron chi connectivity index (χ3n) is 3.72. The SMILES string of the molecule is Cc1ccc(C#CC(C(C#N)=C2SCCS2)c2ccccc2)cc1. The Morgan fingerprint density at radius 3 is 2.29 bits per heavy atom. The first-order valence-electron chi connectivity index (χ1n) is 7.81. The van der Waals surface area contributed by atoms with Crippen LogP contribution in [0.25, 0.3) is 0 Å². The van der Waals surface area contributed by atoms with E-state index >= 15 is 0 Å². The van der Waals surface area contributed by atoms with Crippen LogP contribution in [-0.2, 0) is 0 Å². The minimum atomic E-state index is -0.175. The van der Waals surface area contributed by atoms with E-state index in [1.165, 1.54) is 5.56 Å². The molecule has 1 aliphatic heterocycles. The molecule has 2 aromatic carbocycles. The average molecular weight is 348 g/mol. The van der Waals surface area contributed by atoms with E-state index < -0.39 is 0 Å². The zero-order valence-electron chi connectivity index (χ0n) is 13.5. The maximum atomic E-state index is 9.75. The molecule has 0 saturated carbocycles. The van der Waals surface area contributed by atoms with Crippen LogP contribution in [0.1, 0.15) is 22.6 Å². The third kappa shape index (κ3) is 4.06. The first kappa shape index (κ1) is 16.8. The standard InChI is InChI=1S/C21H17NS2/c1-16-7-9-17(10-8-16)11-12-19(18-5-3-2-4-6-18)20(15-22)21-23-13-14-24-21/h2-10,19H,13-14H2,1H3. The van der Waals surface area contributed by atoms with Crippen molar-refractivity contribution in [3.05, 3.63) is 81.1 Å². The molecule has 2 aromatic rings. The normalized spacial score (nSPS) is 14.4. The maximum Gasteiger partial charge on any atom is 0.0981 e. The molecule has 1 aliphatic rings. The smallest absolute Gasteiger partial charge is 0.0981 e. The van der Waals surface area contributed by atoms with Gasteiger partial charge in [-0.2, -0.15) is 5.26 Å². The van der Waals surface area contributed by atoms with E-state index in [2.05, 4.69) is 49.1 Å². The molecular weight excluding hydrogens is 330 g/mol. The lowest BCUT2D eigenvalue weighted by Crippen LogP contribution is -2.00. The molecule has 1 saturated heterocycles. The average Bonchev–Trinajstić information content (AvgIpc) is 3.15. The Labute approximate surface area is 152 Å². The van der Waals surface area contributed by atoms with Crippen LogP contribution in [0.5, 0.6) is 0 Å². The van der Waals surface area contributed by atoms with Gasteiger partial charge >= 0.3 is 0 Å². The summed E-state index contributed by atoms with van der Waals surface area (Å²) >= 11 is 3.55. The second-order valence-electron chi connectivity index (χ2n) is 5.49. The van der Waals surface area contributed by atoms with Gasteiger partial charge < -0.3 is 0 Å². The highest BCUT2D eigenvalue weighted by Gasteiger charge is 2.22. The molecule has 1 atom stereocenters. The van der Waals surface area contributed by atoms with Crippen molar-refractivity contribution in [1.82, 2.24) is 0 Å². The Bertz CT molecular complexity index is 825. The number of thioether (sulfide) groups is 2. The van der Waals surface area contributed by atoms with Gasteiger partial charge in [0.2, 0.25) is 0 Å². The number of hydrogen-bond donors (Lipinski definition) is 0. The van der Waals surface area contributed by atoms with Crippen molar-refractivity contribution >= 4 is 23.5 Å². The maximum absolute atomic E-state index is 9.75. The minimum Gasteiger partial charge on any atom is -0.193 e. The Hall–Kier alpha value is -2.07. The molecular formula is C21H17NS2. The molecule has 0 spiro atoms. The first-order valence-corrected chi connectivity index (χ1v) is 9.78. The van der Waals surface area contributed by atoms with Crippen LogP contribution < -0.4 is 0 Å². The van der Waals surface area contributed by atoms with Crippen LogP contribution in [0, 0.1) is 30.1 Å². The highest BCUT2D eigenvalue weighted by atomic mass is 32.2. The monoisotopic (exact) mass is 347 g/mol. The number of nitrogens with zero attached hydrogens (tertiary/aromatic N) is 1. The summed E-state index contributed by atoms with van der Waals surface area (Å²) in [5.41, 5.74) is 4.07. The van der Waals surface area contributed by atoms with Crippen LogP contribution in [0.15, 0.2) is 64.4 Å². The summed E-state index contributed by atoms with van der Waals surface area (Å²) in [6, 6.07) is 20.7. The van der Waals surface area contributed by atoms with E-state index in [9.17, 15) is 5.26 Å². The van der Waals surface area contributed by atoms with Crippen LogP contribution in [-0.4, -0.2) is 11.5 Å². The molecule has 0 aliphatic carbocycles. The van der Waals surface area contributed by atoms with Crippen molar-refractivity contribution < 1.29 is 0 Å². The number of hydrogen-bond acceptors (Lipinski definition) is 3. The molecule has 0 aromatic heterocycles. The van der Waals surface area contributed by atoms with Crippen molar-refractivity contribution in [3.63, 3.8) is 0 Å². The summed E-state index contributed by atoms with van der Waals surface area (Å²) in [6.07, 6.45) is 0. The molecule has 24 heavy (non-hydrogen) atoms. The molecule has 0 radical (unpaired) electrons. The molecule has 3 heteroatoms. The number of benzene rings is 2. The Kier molecular flexibility index (Phi) is 5.70. The third-order valence-corrected chi connectivity index (χ3v) is 6.47. The molecule has 3 rings (SSSR count). The number of allylic oxidation sites excluding steroid dienone is 1. The van der Waals surface area contributed by atoms with Gasteiger partial charge in [0, 0.05) is 17.1 Å². The van der Waals surface area contributed by atoms with Gasteiger partial charge in [-0.1, -0.05) is 59.9 Å². The van der Waals surface area contributed by atoms with Gasteiger partial charge in [-0.15, -0.1) is 23.5 Å². The van der Waals surface area contributed by atoms with E-state index in [1.54, 1.807) is 23.5 Å². The Morgan fingerprint density at radius 2 is 1.67 bits per heavy atom. The summed E-state index contributed by atoms with van der Waals surface area (Å²) in [6.45, 7) is 2.07. The fourth-order valence-corrected chi connectivity index (χ4v) is 4.96. The zero-order valence-corrected chi connectivity index (χ0v) is 15.1.